The molecule has 6 aliphatic heterocycles. The number of β-lactam (4-membered cyclic amide) rings is 2. The number of aliphatic carboxylic acids is 4. The monoisotopic (exact) mass is 1640 g/mol. The Morgan fingerprint density at radius 1 is 0.630 bits per heavy atom. The lowest BCUT2D eigenvalue weighted by Crippen LogP contribution is -3.11. The van der Waals surface area contributed by atoms with E-state index in [4.69, 9.17) is 32.7 Å². The number of fused-ring (bicyclic) bond motifs is 4. The highest BCUT2D eigenvalue weighted by atomic mass is 79.9. The van der Waals surface area contributed by atoms with Crippen molar-refractivity contribution in [1.82, 2.24) is 19.8 Å². The topological polar surface area (TPSA) is 430 Å². The van der Waals surface area contributed by atoms with Crippen molar-refractivity contribution in [3.63, 3.8) is 0 Å². The highest BCUT2D eigenvalue weighted by molar-refractivity contribution is 8.00. The number of alkyl halides is 1. The summed E-state index contributed by atoms with van der Waals surface area (Å²) in [5, 5.41) is 87.2. The summed E-state index contributed by atoms with van der Waals surface area (Å²) < 4.78 is 0.806. The van der Waals surface area contributed by atoms with E-state index in [9.17, 15) is 79.2 Å². The van der Waals surface area contributed by atoms with Gasteiger partial charge >= 0.3 is 23.9 Å². The number of oxime groups is 2. The maximum atomic E-state index is 13.5. The summed E-state index contributed by atoms with van der Waals surface area (Å²) in [6.07, 6.45) is 8.13. The number of rotatable bonds is 25. The number of quaternary nitrogens is 2. The number of carboxylic acids is 4. The van der Waals surface area contributed by atoms with Gasteiger partial charge < -0.3 is 88.4 Å². The number of carbonyl (C=O) groups is 8. The van der Waals surface area contributed by atoms with Crippen molar-refractivity contribution in [3.05, 3.63) is 174 Å². The summed E-state index contributed by atoms with van der Waals surface area (Å²) in [6.45, 7) is 15.9. The Morgan fingerprint density at radius 3 is 1.44 bits per heavy atom. The number of thioether (sulfide) groups is 2. The van der Waals surface area contributed by atoms with Crippen molar-refractivity contribution < 1.29 is 115 Å². The SMILES string of the molecule is CC(C)(O/N=C(\C(=O)C[C@@H]1C(=O)N2C(C(=O)O)=C(C=Cc3ccc(CCl)cc3)CS[C@H]12)c1csc(N)n1)C(=O)O.CC[N+]1(Cc2ccc(C=CC3=C(C(=O)O)N4C(=O)[C@@H](CC(=O)/C(=N\OC(C)(C)C(=O)O)c5csc(N)n5)[C@H]4SC3)cc2)CCc2cc(O)c(O)cc2C1.CC[NH+]1CCc2cc(O)c(O)cc2C1.[Br-]. The van der Waals surface area contributed by atoms with E-state index in [2.05, 4.69) is 34.1 Å². The van der Waals surface area contributed by atoms with Crippen LogP contribution in [-0.2, 0) is 86.4 Å². The fraction of sp³-hybridized carbons (Fsp3) is 0.351. The number of carboxylic acid groups (broad SMARTS) is 4. The molecule has 0 aliphatic carbocycles. The van der Waals surface area contributed by atoms with Gasteiger partial charge in [0, 0.05) is 70.5 Å². The Bertz CT molecular complexity index is 4690. The molecule has 6 aromatic rings. The number of aromatic hydroxyl groups is 4. The van der Waals surface area contributed by atoms with Crippen LogP contribution in [0.25, 0.3) is 12.2 Å². The number of allylic oxidation sites excluding steroid dienone is 2. The Kier molecular flexibility index (Phi) is 26.5. The molecule has 2 saturated heterocycles. The van der Waals surface area contributed by atoms with E-state index in [0.29, 0.717) is 28.5 Å². The van der Waals surface area contributed by atoms with E-state index < -0.39 is 81.0 Å². The zero-order valence-corrected chi connectivity index (χ0v) is 65.0. The van der Waals surface area contributed by atoms with Gasteiger partial charge in [-0.3, -0.25) is 29.0 Å². The molecule has 6 atom stereocenters. The van der Waals surface area contributed by atoms with Crippen LogP contribution >= 0.6 is 57.8 Å². The number of aromatic nitrogens is 2. The standard InChI is InChI=1S/C37H39N5O9S2.C26H25ClN4O7S2.C11H15NO2.BrH/c1-4-42(12-11-22-13-27(43)28(44)14-24(22)17-42)16-21-7-5-20(6-8-21)9-10-23-18-52-33-25(32(46)41(33)31(23)34(47)48)15-29(45)30(26-19-53-36(38)39-26)40-51-37(2,3)35(49)50;1-26(2,24(36)37)38-30-19(17-12-40-25(28)29-17)18(32)9-16-21(33)31-20(23(34)35)15(11-39-22(16)31)8-7-13-3-5-14(10-27)6-4-13;1-2-12-4-3-8-5-10(13)11(14)6-9(8)7-12;/h5-10,13-14,19,25,33H,4,11-12,15-18H2,1-3H3,(H5-,38,39,40,43,44,45,47,48,49,50);3-8,12,16,22H,9-11H2,1-2H3,(H2,28,29)(H,34,35)(H,36,37);5-6,13-14H,2-4,7H2,1H3;1H/p+1/b;8-7?,30-19-;;/t25-,33-,42?;16-,22-;;/m11../s1. The molecule has 28 nitrogen and oxygen atoms in total. The molecule has 34 heteroatoms. The van der Waals surface area contributed by atoms with Crippen LogP contribution in [0, 0.1) is 11.8 Å². The first-order chi connectivity index (χ1) is 50.7. The number of Topliss-reactive ketones (excluding diaryl/α,β-unsaturated/α-hetero) is 2. The average molecular weight is 1640 g/mol. The van der Waals surface area contributed by atoms with Gasteiger partial charge in [-0.1, -0.05) is 83.1 Å². The van der Waals surface area contributed by atoms with Crippen molar-refractivity contribution in [2.45, 2.75) is 115 Å². The number of nitrogens with two attached hydrogens (primary N) is 2. The Labute approximate surface area is 652 Å². The molecule has 572 valence electrons. The lowest BCUT2D eigenvalue weighted by atomic mass is 9.89. The number of hydrogen-bond acceptors (Lipinski definition) is 24. The second-order valence-electron chi connectivity index (χ2n) is 27.2. The van der Waals surface area contributed by atoms with Gasteiger partial charge in [-0.25, -0.2) is 29.1 Å². The molecule has 0 bridgehead atoms. The van der Waals surface area contributed by atoms with E-state index in [1.54, 1.807) is 42.5 Å². The summed E-state index contributed by atoms with van der Waals surface area (Å²) >= 11 is 10.6. The lowest BCUT2D eigenvalue weighted by molar-refractivity contribution is -0.953. The number of halogens is 2. The van der Waals surface area contributed by atoms with E-state index in [-0.39, 0.29) is 97.3 Å². The molecule has 2 fully saturated rings. The summed E-state index contributed by atoms with van der Waals surface area (Å²) in [5.41, 5.74) is 16.5. The molecule has 0 radical (unpaired) electrons. The molecule has 108 heavy (non-hydrogen) atoms. The van der Waals surface area contributed by atoms with Gasteiger partial charge in [0.15, 0.2) is 56.3 Å². The largest absolute Gasteiger partial charge is 1.00 e. The molecule has 8 heterocycles. The molecule has 12 rings (SSSR count). The molecule has 2 unspecified atom stereocenters. The van der Waals surface area contributed by atoms with Gasteiger partial charge in [0.05, 0.1) is 48.8 Å². The smallest absolute Gasteiger partial charge is 0.352 e. The molecule has 13 N–H and O–H groups in total. The van der Waals surface area contributed by atoms with Gasteiger partial charge in [0.1, 0.15) is 42.4 Å². The minimum absolute atomic E-state index is 0. The maximum Gasteiger partial charge on any atom is 0.352 e. The number of carbonyl (C=O) groups excluding carboxylic acids is 4. The van der Waals surface area contributed by atoms with Crippen LogP contribution in [0.4, 0.5) is 10.3 Å². The molecule has 2 aromatic heterocycles. The van der Waals surface area contributed by atoms with Crippen molar-refractivity contribution in [2.75, 3.05) is 49.2 Å². The van der Waals surface area contributed by atoms with E-state index in [1.165, 1.54) is 87.8 Å². The number of likely N-dealkylation sites (N-methyl/N-ethyl adjacent to an activating group) is 2. The molecule has 0 saturated carbocycles. The molecule has 0 spiro atoms. The van der Waals surface area contributed by atoms with Gasteiger partial charge in [0.2, 0.25) is 23.0 Å². The van der Waals surface area contributed by atoms with Crippen molar-refractivity contribution >= 4 is 139 Å². The average Bonchev–Trinajstić information content (AvgIpc) is 0.784. The quantitative estimate of drug-likeness (QED) is 0.00896. The van der Waals surface area contributed by atoms with E-state index >= 15 is 0 Å². The fourth-order valence-corrected chi connectivity index (χ4v) is 16.7. The second kappa shape index (κ2) is 34.7. The first-order valence-electron chi connectivity index (χ1n) is 33.9. The predicted molar refractivity (Wildman–Crippen MR) is 404 cm³/mol. The third kappa shape index (κ3) is 18.7. The summed E-state index contributed by atoms with van der Waals surface area (Å²) in [7, 11) is 0. The van der Waals surface area contributed by atoms with Crippen LogP contribution in [-0.4, -0.2) is 183 Å². The van der Waals surface area contributed by atoms with Gasteiger partial charge in [-0.15, -0.1) is 57.8 Å². The number of nitrogen functional groups attached to an aromatic ring is 2. The summed E-state index contributed by atoms with van der Waals surface area (Å²) in [5.74, 6) is -8.23. The van der Waals surface area contributed by atoms with E-state index in [0.717, 1.165) is 119 Å². The zero-order valence-electron chi connectivity index (χ0n) is 59.4. The van der Waals surface area contributed by atoms with Gasteiger partial charge in [-0.05, 0) is 105 Å². The molecule has 2 amide bonds. The molecular weight excluding hydrogens is 1560 g/mol. The molecule has 4 aromatic carbocycles. The number of nitrogens with zero attached hydrogens (tertiary/aromatic N) is 7. The third-order valence-electron chi connectivity index (χ3n) is 19.1. The van der Waals surface area contributed by atoms with Crippen molar-refractivity contribution in [1.29, 1.82) is 0 Å². The maximum absolute atomic E-state index is 13.5. The second-order valence-corrected chi connectivity index (χ2v) is 31.5. The summed E-state index contributed by atoms with van der Waals surface area (Å²) in [4.78, 5) is 123. The number of thiazole rings is 2. The Morgan fingerprint density at radius 2 is 1.05 bits per heavy atom. The number of phenols is 4. The lowest BCUT2D eigenvalue weighted by Gasteiger charge is -2.49. The number of anilines is 2. The van der Waals surface area contributed by atoms with Crippen LogP contribution < -0.4 is 33.3 Å². The highest BCUT2D eigenvalue weighted by Gasteiger charge is 2.56. The normalized spacial score (nSPS) is 20.5. The fourth-order valence-electron chi connectivity index (χ4n) is 12.7. The molecule has 6 aliphatic rings. The highest BCUT2D eigenvalue weighted by Crippen LogP contribution is 2.48. The number of nitrogens with one attached hydrogen (secondary N) is 1. The zero-order chi connectivity index (χ0) is 77.6. The summed E-state index contributed by atoms with van der Waals surface area (Å²) in [6, 6.07) is 22.2. The van der Waals surface area contributed by atoms with Crippen LogP contribution in [0.1, 0.15) is 110 Å². The number of benzene rings is 4. The minimum Gasteiger partial charge on any atom is -1.00 e. The number of phenolic OH excluding ortho intramolecular Hbond substituents is 4. The van der Waals surface area contributed by atoms with Gasteiger partial charge in [-0.2, -0.15) is 0 Å². The third-order valence-corrected chi connectivity index (χ3v) is 23.5. The minimum atomic E-state index is -1.75. The van der Waals surface area contributed by atoms with E-state index in [1.807, 2.05) is 54.6 Å². The van der Waals surface area contributed by atoms with Crippen LogP contribution in [0.5, 0.6) is 23.0 Å². The van der Waals surface area contributed by atoms with Crippen LogP contribution in [0.2, 0.25) is 0 Å². The first-order valence-corrected chi connectivity index (χ1v) is 38.3. The predicted octanol–water partition coefficient (Wildman–Crippen LogP) is 5.01. The number of ketones is 2. The first kappa shape index (κ1) is 82.4. The number of hydrogen-bond donors (Lipinski definition) is 11. The van der Waals surface area contributed by atoms with Crippen molar-refractivity contribution in [3.8, 4) is 23.0 Å². The van der Waals surface area contributed by atoms with Gasteiger partial charge in [0.25, 0.3) is 0 Å². The number of amides is 2. The molecular formula is C74H81BrClN10O18S4+. The Balaban J connectivity index is 0.000000214. The van der Waals surface area contributed by atoms with Crippen LogP contribution in [0.15, 0.2) is 129 Å². The van der Waals surface area contributed by atoms with Crippen LogP contribution in [0.3, 0.4) is 0 Å². The Hall–Kier alpha value is -9.61. The van der Waals surface area contributed by atoms with Crippen molar-refractivity contribution in [2.24, 2.45) is 22.1 Å².